The van der Waals surface area contributed by atoms with E-state index in [1.165, 1.54) is 0 Å². The number of ether oxygens (including phenoxy) is 1. The monoisotopic (exact) mass is 402 g/mol. The topological polar surface area (TPSA) is 54.0 Å². The number of carbonyl (C=O) groups excluding carboxylic acids is 1. The van der Waals surface area contributed by atoms with Crippen molar-refractivity contribution in [3.63, 3.8) is 0 Å². The van der Waals surface area contributed by atoms with Gasteiger partial charge in [0.05, 0.1) is 12.2 Å². The molecule has 2 aromatic carbocycles. The quantitative estimate of drug-likeness (QED) is 0.275. The smallest absolute Gasteiger partial charge is 0.493 e. The Morgan fingerprint density at radius 3 is 2.00 bits per heavy atom. The van der Waals surface area contributed by atoms with Crippen molar-refractivity contribution in [1.29, 1.82) is 0 Å². The Morgan fingerprint density at radius 2 is 1.39 bits per heavy atom. The maximum absolute atomic E-state index is 12.8. The summed E-state index contributed by atoms with van der Waals surface area (Å²) in [7, 11) is -2.67. The van der Waals surface area contributed by atoms with Crippen LogP contribution < -0.4 is 4.74 Å². The van der Waals surface area contributed by atoms with E-state index in [2.05, 4.69) is 0 Å². The van der Waals surface area contributed by atoms with Gasteiger partial charge >= 0.3 is 8.80 Å². The number of para-hydroxylation sites is 1. The summed E-state index contributed by atoms with van der Waals surface area (Å²) in [5, 5.41) is 0. The largest absolute Gasteiger partial charge is 0.501 e. The van der Waals surface area contributed by atoms with Crippen molar-refractivity contribution in [1.82, 2.24) is 0 Å². The molecule has 0 saturated carbocycles. The van der Waals surface area contributed by atoms with E-state index in [9.17, 15) is 4.79 Å². The minimum absolute atomic E-state index is 0.0436. The first-order valence-electron chi connectivity index (χ1n) is 9.89. The lowest BCUT2D eigenvalue weighted by molar-refractivity contribution is 0.0696. The van der Waals surface area contributed by atoms with Gasteiger partial charge in [0.25, 0.3) is 0 Å². The van der Waals surface area contributed by atoms with Crippen LogP contribution in [0.2, 0.25) is 6.04 Å². The summed E-state index contributed by atoms with van der Waals surface area (Å²) in [5.74, 6) is 0.547. The summed E-state index contributed by atoms with van der Waals surface area (Å²) < 4.78 is 23.5. The molecule has 2 aromatic rings. The number of hydrogen-bond donors (Lipinski definition) is 0. The zero-order valence-corrected chi connectivity index (χ0v) is 18.0. The van der Waals surface area contributed by atoms with Crippen molar-refractivity contribution in [2.45, 2.75) is 33.2 Å². The summed E-state index contributed by atoms with van der Waals surface area (Å²) in [6.45, 7) is 7.97. The first-order chi connectivity index (χ1) is 13.7. The summed E-state index contributed by atoms with van der Waals surface area (Å²) in [6.07, 6.45) is 0.722. The van der Waals surface area contributed by atoms with Crippen LogP contribution in [0, 0.1) is 0 Å². The van der Waals surface area contributed by atoms with Crippen LogP contribution in [0.5, 0.6) is 5.75 Å². The van der Waals surface area contributed by atoms with Crippen molar-refractivity contribution in [3.8, 4) is 5.75 Å². The predicted molar refractivity (Wildman–Crippen MR) is 112 cm³/mol. The average molecular weight is 403 g/mol. The van der Waals surface area contributed by atoms with Crippen LogP contribution in [0.25, 0.3) is 0 Å². The van der Waals surface area contributed by atoms with Crippen LogP contribution in [0.4, 0.5) is 0 Å². The number of carbonyl (C=O) groups is 1. The molecule has 5 nitrogen and oxygen atoms in total. The van der Waals surface area contributed by atoms with Gasteiger partial charge in [-0.25, -0.2) is 0 Å². The molecule has 0 aliphatic rings. The Balaban J connectivity index is 2.00. The van der Waals surface area contributed by atoms with E-state index < -0.39 is 8.80 Å². The Hall–Kier alpha value is -1.99. The van der Waals surface area contributed by atoms with Gasteiger partial charge < -0.3 is 18.0 Å². The first-order valence-corrected chi connectivity index (χ1v) is 11.8. The molecule has 0 radical (unpaired) electrons. The predicted octanol–water partition coefficient (Wildman–Crippen LogP) is 4.73. The molecule has 152 valence electrons. The molecule has 0 aliphatic heterocycles. The van der Waals surface area contributed by atoms with Crippen LogP contribution in [0.3, 0.4) is 0 Å². The summed E-state index contributed by atoms with van der Waals surface area (Å²) >= 11 is 0. The molecule has 0 N–H and O–H groups in total. The fraction of sp³-hybridized carbons (Fsp3) is 0.409. The van der Waals surface area contributed by atoms with E-state index in [4.69, 9.17) is 18.0 Å². The number of rotatable bonds is 13. The number of ketones is 1. The Bertz CT molecular complexity index is 703. The van der Waals surface area contributed by atoms with Crippen molar-refractivity contribution >= 4 is 14.6 Å². The van der Waals surface area contributed by atoms with E-state index in [0.29, 0.717) is 49.3 Å². The Kier molecular flexibility index (Phi) is 9.37. The standard InChI is InChI=1S/C22H30O5Si/c1-4-25-28(26-5-2,27-6-3)18-12-17-24-21-16-11-10-15-20(21)22(23)19-13-8-7-9-14-19/h7-11,13-16H,4-6,12,17-18H2,1-3H3. The minimum atomic E-state index is -2.67. The van der Waals surface area contributed by atoms with Gasteiger partial charge in [0.15, 0.2) is 5.78 Å². The van der Waals surface area contributed by atoms with Gasteiger partial charge in [-0.05, 0) is 39.3 Å². The molecule has 2 rings (SSSR count). The van der Waals surface area contributed by atoms with Crippen LogP contribution >= 0.6 is 0 Å². The van der Waals surface area contributed by atoms with Gasteiger partial charge in [-0.3, -0.25) is 4.79 Å². The van der Waals surface area contributed by atoms with Gasteiger partial charge in [-0.1, -0.05) is 42.5 Å². The molecule has 0 heterocycles. The van der Waals surface area contributed by atoms with E-state index >= 15 is 0 Å². The molecule has 28 heavy (non-hydrogen) atoms. The third kappa shape index (κ3) is 6.27. The van der Waals surface area contributed by atoms with Crippen molar-refractivity contribution in [2.75, 3.05) is 26.4 Å². The fourth-order valence-electron chi connectivity index (χ4n) is 3.00. The third-order valence-electron chi connectivity index (χ3n) is 4.15. The summed E-state index contributed by atoms with van der Waals surface area (Å²) in [5.41, 5.74) is 1.21. The second kappa shape index (κ2) is 11.8. The van der Waals surface area contributed by atoms with Gasteiger partial charge in [0, 0.05) is 31.4 Å². The summed E-state index contributed by atoms with van der Waals surface area (Å²) in [6, 6.07) is 17.3. The molecule has 0 saturated heterocycles. The van der Waals surface area contributed by atoms with Crippen LogP contribution in [0.1, 0.15) is 43.1 Å². The maximum atomic E-state index is 12.8. The molecule has 0 unspecified atom stereocenters. The van der Waals surface area contributed by atoms with Crippen LogP contribution in [-0.4, -0.2) is 41.0 Å². The highest BCUT2D eigenvalue weighted by Crippen LogP contribution is 2.23. The summed E-state index contributed by atoms with van der Waals surface area (Å²) in [4.78, 5) is 12.8. The van der Waals surface area contributed by atoms with E-state index in [0.717, 1.165) is 6.42 Å². The first kappa shape index (κ1) is 22.3. The molecule has 0 bridgehead atoms. The lowest BCUT2D eigenvalue weighted by Gasteiger charge is -2.28. The lowest BCUT2D eigenvalue weighted by atomic mass is 10.0. The van der Waals surface area contributed by atoms with Crippen molar-refractivity contribution in [2.24, 2.45) is 0 Å². The molecule has 6 heteroatoms. The number of benzene rings is 2. The van der Waals surface area contributed by atoms with Crippen LogP contribution in [0.15, 0.2) is 54.6 Å². The maximum Gasteiger partial charge on any atom is 0.501 e. The van der Waals surface area contributed by atoms with Crippen LogP contribution in [-0.2, 0) is 13.3 Å². The molecular formula is C22H30O5Si. The Labute approximate surface area is 169 Å². The highest BCUT2D eigenvalue weighted by atomic mass is 28.4. The molecule has 0 fully saturated rings. The zero-order chi connectivity index (χ0) is 20.2. The Morgan fingerprint density at radius 1 is 0.821 bits per heavy atom. The SMILES string of the molecule is CCO[Si](CCCOc1ccccc1C(=O)c1ccccc1)(OCC)OCC. The van der Waals surface area contributed by atoms with Gasteiger partial charge in [-0.15, -0.1) is 0 Å². The lowest BCUT2D eigenvalue weighted by Crippen LogP contribution is -2.46. The second-order valence-corrected chi connectivity index (χ2v) is 8.86. The highest BCUT2D eigenvalue weighted by Gasteiger charge is 2.39. The van der Waals surface area contributed by atoms with Crippen molar-refractivity contribution < 1.29 is 22.8 Å². The molecule has 0 atom stereocenters. The zero-order valence-electron chi connectivity index (χ0n) is 17.0. The molecular weight excluding hydrogens is 372 g/mol. The van der Waals surface area contributed by atoms with Crippen molar-refractivity contribution in [3.05, 3.63) is 65.7 Å². The second-order valence-electron chi connectivity index (χ2n) is 6.13. The van der Waals surface area contributed by atoms with E-state index in [1.54, 1.807) is 6.07 Å². The minimum Gasteiger partial charge on any atom is -0.493 e. The molecule has 0 amide bonds. The average Bonchev–Trinajstić information content (AvgIpc) is 2.72. The van der Waals surface area contributed by atoms with E-state index in [-0.39, 0.29) is 5.78 Å². The highest BCUT2D eigenvalue weighted by molar-refractivity contribution is 6.60. The molecule has 0 spiro atoms. The van der Waals surface area contributed by atoms with Gasteiger partial charge in [0.2, 0.25) is 0 Å². The van der Waals surface area contributed by atoms with E-state index in [1.807, 2.05) is 69.3 Å². The third-order valence-corrected chi connectivity index (χ3v) is 7.30. The fourth-order valence-corrected chi connectivity index (χ4v) is 5.58. The van der Waals surface area contributed by atoms with Gasteiger partial charge in [0.1, 0.15) is 5.75 Å². The normalized spacial score (nSPS) is 11.4. The van der Waals surface area contributed by atoms with Gasteiger partial charge in [-0.2, -0.15) is 0 Å². The number of hydrogen-bond acceptors (Lipinski definition) is 5. The molecule has 0 aliphatic carbocycles. The molecule has 0 aromatic heterocycles.